The third-order valence-electron chi connectivity index (χ3n) is 5.17. The molecule has 2 N–H and O–H groups in total. The second kappa shape index (κ2) is 6.43. The molecule has 0 aromatic heterocycles. The lowest BCUT2D eigenvalue weighted by atomic mass is 9.87. The van der Waals surface area contributed by atoms with E-state index in [0.29, 0.717) is 16.9 Å². The van der Waals surface area contributed by atoms with Crippen LogP contribution in [0.15, 0.2) is 18.2 Å². The van der Waals surface area contributed by atoms with Crippen molar-refractivity contribution < 1.29 is 19.7 Å². The number of hydrogen-bond acceptors (Lipinski definition) is 4. The van der Waals surface area contributed by atoms with Gasteiger partial charge in [-0.05, 0) is 49.3 Å². The lowest BCUT2D eigenvalue weighted by Crippen LogP contribution is -2.11. The van der Waals surface area contributed by atoms with Crippen molar-refractivity contribution in [1.29, 1.82) is 0 Å². The summed E-state index contributed by atoms with van der Waals surface area (Å²) in [6.45, 7) is 0.509. The van der Waals surface area contributed by atoms with Gasteiger partial charge in [0.2, 0.25) is 0 Å². The fraction of sp³-hybridized carbons (Fsp3) is 0.474. The number of benzene rings is 2. The van der Waals surface area contributed by atoms with Crippen molar-refractivity contribution in [3.05, 3.63) is 34.3 Å². The molecule has 4 rings (SSSR count). The average molecular weight is 349 g/mol. The monoisotopic (exact) mass is 348 g/mol. The molecule has 24 heavy (non-hydrogen) atoms. The Balaban J connectivity index is 1.98. The van der Waals surface area contributed by atoms with Gasteiger partial charge in [-0.25, -0.2) is 0 Å². The van der Waals surface area contributed by atoms with E-state index in [1.54, 1.807) is 0 Å². The molecular formula is C19H21ClO4. The van der Waals surface area contributed by atoms with Gasteiger partial charge in [0.05, 0.1) is 13.2 Å². The Morgan fingerprint density at radius 2 is 1.50 bits per heavy atom. The number of hydrogen-bond donors (Lipinski definition) is 2. The van der Waals surface area contributed by atoms with Crippen molar-refractivity contribution in [3.63, 3.8) is 0 Å². The summed E-state index contributed by atoms with van der Waals surface area (Å²) >= 11 is 6.23. The molecule has 0 aliphatic heterocycles. The maximum absolute atomic E-state index is 9.20. The van der Waals surface area contributed by atoms with Crippen molar-refractivity contribution in [2.75, 3.05) is 26.4 Å². The smallest absolute Gasteiger partial charge is 0.131 e. The van der Waals surface area contributed by atoms with Crippen LogP contribution in [0.5, 0.6) is 11.5 Å². The Hall–Kier alpha value is -1.49. The van der Waals surface area contributed by atoms with Gasteiger partial charge in [0.1, 0.15) is 24.7 Å². The first-order chi connectivity index (χ1) is 11.7. The second-order valence-corrected chi connectivity index (χ2v) is 6.96. The van der Waals surface area contributed by atoms with Gasteiger partial charge in [-0.3, -0.25) is 0 Å². The van der Waals surface area contributed by atoms with Gasteiger partial charge in [0, 0.05) is 26.9 Å². The highest BCUT2D eigenvalue weighted by Gasteiger charge is 2.42. The molecule has 2 aromatic carbocycles. The SMILES string of the molecule is OCCOc1c2c(c(OCCO)c3cc(Cl)ccc13)C1CCC2C1. The van der Waals surface area contributed by atoms with Gasteiger partial charge in [-0.15, -0.1) is 0 Å². The van der Waals surface area contributed by atoms with Gasteiger partial charge in [0.15, 0.2) is 0 Å². The molecule has 0 amide bonds. The summed E-state index contributed by atoms with van der Waals surface area (Å²) in [5.74, 6) is 2.70. The van der Waals surface area contributed by atoms with Crippen LogP contribution in [0.2, 0.25) is 5.02 Å². The van der Waals surface area contributed by atoms with Crippen molar-refractivity contribution >= 4 is 22.4 Å². The van der Waals surface area contributed by atoms with Crippen molar-refractivity contribution in [2.45, 2.75) is 31.1 Å². The Morgan fingerprint density at radius 3 is 2.08 bits per heavy atom. The normalized spacial score (nSPS) is 21.3. The maximum Gasteiger partial charge on any atom is 0.131 e. The Morgan fingerprint density at radius 1 is 0.917 bits per heavy atom. The van der Waals surface area contributed by atoms with Crippen molar-refractivity contribution in [3.8, 4) is 11.5 Å². The van der Waals surface area contributed by atoms with Gasteiger partial charge in [-0.1, -0.05) is 11.6 Å². The van der Waals surface area contributed by atoms with Gasteiger partial charge in [-0.2, -0.15) is 0 Å². The number of fused-ring (bicyclic) bond motifs is 6. The van der Waals surface area contributed by atoms with E-state index in [9.17, 15) is 10.2 Å². The molecule has 128 valence electrons. The van der Waals surface area contributed by atoms with E-state index in [4.69, 9.17) is 21.1 Å². The zero-order valence-corrected chi connectivity index (χ0v) is 14.2. The number of rotatable bonds is 6. The molecule has 0 radical (unpaired) electrons. The predicted molar refractivity (Wildman–Crippen MR) is 93.5 cm³/mol. The third kappa shape index (κ3) is 2.44. The minimum Gasteiger partial charge on any atom is -0.490 e. The summed E-state index contributed by atoms with van der Waals surface area (Å²) < 4.78 is 11.9. The summed E-state index contributed by atoms with van der Waals surface area (Å²) in [5, 5.41) is 20.9. The highest BCUT2D eigenvalue weighted by Crippen LogP contribution is 2.61. The van der Waals surface area contributed by atoms with Gasteiger partial charge < -0.3 is 19.7 Å². The molecule has 2 unspecified atom stereocenters. The highest BCUT2D eigenvalue weighted by atomic mass is 35.5. The molecule has 0 heterocycles. The van der Waals surface area contributed by atoms with E-state index in [-0.39, 0.29) is 26.4 Å². The van der Waals surface area contributed by atoms with Gasteiger partial charge >= 0.3 is 0 Å². The zero-order chi connectivity index (χ0) is 16.7. The van der Waals surface area contributed by atoms with Gasteiger partial charge in [0.25, 0.3) is 0 Å². The topological polar surface area (TPSA) is 58.9 Å². The first kappa shape index (κ1) is 16.0. The van der Waals surface area contributed by atoms with Crippen LogP contribution < -0.4 is 9.47 Å². The number of aliphatic hydroxyl groups excluding tert-OH is 2. The largest absolute Gasteiger partial charge is 0.490 e. The molecule has 0 saturated heterocycles. The van der Waals surface area contributed by atoms with Crippen LogP contribution in [0, 0.1) is 0 Å². The molecule has 2 aliphatic rings. The summed E-state index contributed by atoms with van der Waals surface area (Å²) in [5.41, 5.74) is 2.46. The van der Waals surface area contributed by atoms with Crippen LogP contribution in [-0.2, 0) is 0 Å². The summed E-state index contributed by atoms with van der Waals surface area (Å²) in [6.07, 6.45) is 3.47. The fourth-order valence-corrected chi connectivity index (χ4v) is 4.53. The number of ether oxygens (including phenoxy) is 2. The minimum atomic E-state index is -0.0201. The predicted octanol–water partition coefficient (Wildman–Crippen LogP) is 3.60. The number of halogens is 1. The highest BCUT2D eigenvalue weighted by molar-refractivity contribution is 6.31. The van der Waals surface area contributed by atoms with Crippen LogP contribution in [0.4, 0.5) is 0 Å². The summed E-state index contributed by atoms with van der Waals surface area (Å²) in [7, 11) is 0. The summed E-state index contributed by atoms with van der Waals surface area (Å²) in [6, 6.07) is 5.72. The standard InChI is InChI=1S/C19H21ClO4/c20-13-3-4-14-15(10-13)19(24-8-6-22)17-12-2-1-11(9-12)16(17)18(14)23-7-5-21/h3-4,10-12,21-22H,1-2,5-9H2. The lowest BCUT2D eigenvalue weighted by molar-refractivity contribution is 0.198. The van der Waals surface area contributed by atoms with E-state index in [1.165, 1.54) is 24.0 Å². The Kier molecular flexibility index (Phi) is 4.29. The second-order valence-electron chi connectivity index (χ2n) is 6.53. The molecule has 0 spiro atoms. The molecule has 4 nitrogen and oxygen atoms in total. The van der Waals surface area contributed by atoms with E-state index in [2.05, 4.69) is 0 Å². The molecule has 2 bridgehead atoms. The maximum atomic E-state index is 9.20. The van der Waals surface area contributed by atoms with Crippen LogP contribution >= 0.6 is 11.6 Å². The van der Waals surface area contributed by atoms with Crippen LogP contribution in [0.3, 0.4) is 0 Å². The fourth-order valence-electron chi connectivity index (χ4n) is 4.36. The third-order valence-corrected chi connectivity index (χ3v) is 5.41. The molecular weight excluding hydrogens is 328 g/mol. The number of aliphatic hydroxyl groups is 2. The quantitative estimate of drug-likeness (QED) is 0.837. The molecule has 1 fully saturated rings. The Labute approximate surface area is 146 Å². The minimum absolute atomic E-state index is 0.0132. The van der Waals surface area contributed by atoms with E-state index in [0.717, 1.165) is 28.7 Å². The zero-order valence-electron chi connectivity index (χ0n) is 13.4. The van der Waals surface area contributed by atoms with E-state index >= 15 is 0 Å². The molecule has 2 atom stereocenters. The summed E-state index contributed by atoms with van der Waals surface area (Å²) in [4.78, 5) is 0. The molecule has 2 aromatic rings. The van der Waals surface area contributed by atoms with Crippen LogP contribution in [-0.4, -0.2) is 36.6 Å². The lowest BCUT2D eigenvalue weighted by Gasteiger charge is -2.25. The average Bonchev–Trinajstić information content (AvgIpc) is 3.20. The first-order valence-electron chi connectivity index (χ1n) is 8.51. The molecule has 5 heteroatoms. The molecule has 2 aliphatic carbocycles. The Bertz CT molecular complexity index is 774. The van der Waals surface area contributed by atoms with E-state index in [1.807, 2.05) is 18.2 Å². The van der Waals surface area contributed by atoms with Crippen molar-refractivity contribution in [1.82, 2.24) is 0 Å². The van der Waals surface area contributed by atoms with Crippen molar-refractivity contribution in [2.24, 2.45) is 0 Å². The van der Waals surface area contributed by atoms with E-state index < -0.39 is 0 Å². The first-order valence-corrected chi connectivity index (χ1v) is 8.88. The van der Waals surface area contributed by atoms with Crippen LogP contribution in [0.1, 0.15) is 42.2 Å². The van der Waals surface area contributed by atoms with Crippen LogP contribution in [0.25, 0.3) is 10.8 Å². The molecule has 1 saturated carbocycles.